The van der Waals surface area contributed by atoms with Gasteiger partial charge in [0.1, 0.15) is 5.82 Å². The quantitative estimate of drug-likeness (QED) is 0.924. The zero-order valence-corrected chi connectivity index (χ0v) is 12.7. The molecule has 2 N–H and O–H groups in total. The molecular weight excluding hydrogens is 265 g/mol. The van der Waals surface area contributed by atoms with Crippen LogP contribution in [-0.2, 0) is 13.1 Å². The van der Waals surface area contributed by atoms with Crippen LogP contribution in [0.25, 0.3) is 0 Å². The number of piperazine rings is 1. The first-order chi connectivity index (χ1) is 10.3. The van der Waals surface area contributed by atoms with Crippen molar-refractivity contribution in [2.75, 3.05) is 26.2 Å². The molecule has 3 rings (SSSR count). The molecule has 1 aromatic carbocycles. The Bertz CT molecular complexity index is 463. The van der Waals surface area contributed by atoms with Gasteiger partial charge in [0, 0.05) is 50.9 Å². The third-order valence-corrected chi connectivity index (χ3v) is 4.99. The van der Waals surface area contributed by atoms with Gasteiger partial charge in [-0.3, -0.25) is 9.80 Å². The first kappa shape index (κ1) is 14.9. The first-order valence-electron chi connectivity index (χ1n) is 8.20. The van der Waals surface area contributed by atoms with E-state index in [4.69, 9.17) is 5.73 Å². The van der Waals surface area contributed by atoms with E-state index in [2.05, 4.69) is 9.80 Å². The lowest BCUT2D eigenvalue weighted by atomic mass is 10.1. The topological polar surface area (TPSA) is 32.5 Å². The van der Waals surface area contributed by atoms with Crippen molar-refractivity contribution < 1.29 is 4.39 Å². The smallest absolute Gasteiger partial charge is 0.127 e. The Morgan fingerprint density at radius 1 is 1.10 bits per heavy atom. The fourth-order valence-corrected chi connectivity index (χ4v) is 3.67. The van der Waals surface area contributed by atoms with Gasteiger partial charge in [-0.1, -0.05) is 25.0 Å². The predicted octanol–water partition coefficient (Wildman–Crippen LogP) is 2.34. The minimum Gasteiger partial charge on any atom is -0.326 e. The first-order valence-corrected chi connectivity index (χ1v) is 8.20. The van der Waals surface area contributed by atoms with Gasteiger partial charge >= 0.3 is 0 Å². The largest absolute Gasteiger partial charge is 0.326 e. The van der Waals surface area contributed by atoms with Crippen molar-refractivity contribution in [2.24, 2.45) is 5.73 Å². The van der Waals surface area contributed by atoms with Gasteiger partial charge in [0.2, 0.25) is 0 Å². The van der Waals surface area contributed by atoms with E-state index in [1.807, 2.05) is 6.07 Å². The molecule has 2 aliphatic rings. The van der Waals surface area contributed by atoms with E-state index in [1.54, 1.807) is 12.1 Å². The van der Waals surface area contributed by atoms with Gasteiger partial charge in [0.25, 0.3) is 0 Å². The zero-order valence-electron chi connectivity index (χ0n) is 12.7. The molecule has 0 aromatic heterocycles. The third-order valence-electron chi connectivity index (χ3n) is 4.99. The molecule has 1 saturated carbocycles. The van der Waals surface area contributed by atoms with E-state index in [0.29, 0.717) is 13.1 Å². The summed E-state index contributed by atoms with van der Waals surface area (Å²) in [5, 5.41) is 0. The minimum atomic E-state index is -0.106. The monoisotopic (exact) mass is 291 g/mol. The van der Waals surface area contributed by atoms with Crippen molar-refractivity contribution in [3.8, 4) is 0 Å². The summed E-state index contributed by atoms with van der Waals surface area (Å²) in [6, 6.07) is 6.05. The van der Waals surface area contributed by atoms with Crippen LogP contribution >= 0.6 is 0 Å². The number of benzene rings is 1. The molecule has 1 aromatic rings. The Morgan fingerprint density at radius 2 is 1.81 bits per heavy atom. The van der Waals surface area contributed by atoms with Crippen molar-refractivity contribution in [1.29, 1.82) is 0 Å². The number of nitrogens with two attached hydrogens (primary N) is 1. The van der Waals surface area contributed by atoms with Crippen LogP contribution in [0.4, 0.5) is 4.39 Å². The highest BCUT2D eigenvalue weighted by Gasteiger charge is 2.26. The van der Waals surface area contributed by atoms with Crippen molar-refractivity contribution in [3.05, 3.63) is 35.1 Å². The van der Waals surface area contributed by atoms with E-state index >= 15 is 0 Å². The third kappa shape index (κ3) is 3.62. The highest BCUT2D eigenvalue weighted by atomic mass is 19.1. The van der Waals surface area contributed by atoms with Crippen molar-refractivity contribution in [3.63, 3.8) is 0 Å². The molecular formula is C17H26FN3. The Morgan fingerprint density at radius 3 is 2.48 bits per heavy atom. The number of nitrogens with zero attached hydrogens (tertiary/aromatic N) is 2. The molecule has 1 heterocycles. The van der Waals surface area contributed by atoms with E-state index < -0.39 is 0 Å². The highest BCUT2D eigenvalue weighted by Crippen LogP contribution is 2.24. The molecule has 0 amide bonds. The predicted molar refractivity (Wildman–Crippen MR) is 83.4 cm³/mol. The minimum absolute atomic E-state index is 0.106. The van der Waals surface area contributed by atoms with Crippen molar-refractivity contribution >= 4 is 0 Å². The van der Waals surface area contributed by atoms with Gasteiger partial charge in [0.05, 0.1) is 0 Å². The Labute approximate surface area is 126 Å². The SMILES string of the molecule is NCc1ccc(F)c(CN2CCN(C3CCCC3)CC2)c1. The summed E-state index contributed by atoms with van der Waals surface area (Å²) in [5.74, 6) is -0.106. The van der Waals surface area contributed by atoms with Gasteiger partial charge in [-0.25, -0.2) is 4.39 Å². The zero-order chi connectivity index (χ0) is 14.7. The molecule has 0 radical (unpaired) electrons. The maximum atomic E-state index is 13.9. The van der Waals surface area contributed by atoms with E-state index in [1.165, 1.54) is 25.7 Å². The number of halogens is 1. The van der Waals surface area contributed by atoms with Crippen LogP contribution in [0.5, 0.6) is 0 Å². The van der Waals surface area contributed by atoms with E-state index in [9.17, 15) is 4.39 Å². The summed E-state index contributed by atoms with van der Waals surface area (Å²) in [6.45, 7) is 5.53. The van der Waals surface area contributed by atoms with Gasteiger partial charge in [-0.15, -0.1) is 0 Å². The molecule has 3 nitrogen and oxygen atoms in total. The molecule has 116 valence electrons. The lowest BCUT2D eigenvalue weighted by Gasteiger charge is -2.38. The van der Waals surface area contributed by atoms with Crippen LogP contribution in [-0.4, -0.2) is 42.0 Å². The van der Waals surface area contributed by atoms with Gasteiger partial charge in [-0.05, 0) is 24.5 Å². The summed E-state index contributed by atoms with van der Waals surface area (Å²) in [5.41, 5.74) is 7.44. The molecule has 2 fully saturated rings. The maximum Gasteiger partial charge on any atom is 0.127 e. The molecule has 0 spiro atoms. The summed E-state index contributed by atoms with van der Waals surface area (Å²) >= 11 is 0. The van der Waals surface area contributed by atoms with E-state index in [-0.39, 0.29) is 5.82 Å². The van der Waals surface area contributed by atoms with Crippen LogP contribution in [0, 0.1) is 5.82 Å². The lowest BCUT2D eigenvalue weighted by molar-refractivity contribution is 0.0930. The molecule has 0 bridgehead atoms. The average molecular weight is 291 g/mol. The summed E-state index contributed by atoms with van der Waals surface area (Å²) in [7, 11) is 0. The molecule has 4 heteroatoms. The molecule has 1 aliphatic carbocycles. The summed E-state index contributed by atoms with van der Waals surface area (Å²) in [6.07, 6.45) is 5.52. The van der Waals surface area contributed by atoms with Gasteiger partial charge < -0.3 is 5.73 Å². The highest BCUT2D eigenvalue weighted by molar-refractivity contribution is 5.25. The number of rotatable bonds is 4. The fraction of sp³-hybridized carbons (Fsp3) is 0.647. The van der Waals surface area contributed by atoms with Crippen LogP contribution in [0.3, 0.4) is 0 Å². The second-order valence-corrected chi connectivity index (χ2v) is 6.38. The van der Waals surface area contributed by atoms with Gasteiger partial charge in [0.15, 0.2) is 0 Å². The van der Waals surface area contributed by atoms with Crippen LogP contribution in [0.15, 0.2) is 18.2 Å². The summed E-state index contributed by atoms with van der Waals surface area (Å²) in [4.78, 5) is 5.00. The maximum absolute atomic E-state index is 13.9. The molecule has 0 unspecified atom stereocenters. The Hall–Kier alpha value is -0.970. The second-order valence-electron chi connectivity index (χ2n) is 6.38. The van der Waals surface area contributed by atoms with Crippen LogP contribution in [0.2, 0.25) is 0 Å². The molecule has 1 saturated heterocycles. The standard InChI is InChI=1S/C17H26FN3/c18-17-6-5-14(12-19)11-15(17)13-20-7-9-21(10-8-20)16-3-1-2-4-16/h5-6,11,16H,1-4,7-10,12-13,19H2. The Kier molecular flexibility index (Phi) is 4.88. The van der Waals surface area contributed by atoms with Crippen molar-refractivity contribution in [2.45, 2.75) is 44.8 Å². The van der Waals surface area contributed by atoms with Crippen LogP contribution < -0.4 is 5.73 Å². The second kappa shape index (κ2) is 6.86. The van der Waals surface area contributed by atoms with Crippen molar-refractivity contribution in [1.82, 2.24) is 9.80 Å². The normalized spacial score (nSPS) is 22.0. The van der Waals surface area contributed by atoms with Crippen LogP contribution in [0.1, 0.15) is 36.8 Å². The summed E-state index contributed by atoms with van der Waals surface area (Å²) < 4.78 is 13.9. The number of hydrogen-bond donors (Lipinski definition) is 1. The fourth-order valence-electron chi connectivity index (χ4n) is 3.67. The van der Waals surface area contributed by atoms with E-state index in [0.717, 1.165) is 43.3 Å². The molecule has 1 aliphatic heterocycles. The molecule has 21 heavy (non-hydrogen) atoms. The Balaban J connectivity index is 1.55. The lowest BCUT2D eigenvalue weighted by Crippen LogP contribution is -2.49. The molecule has 0 atom stereocenters. The number of hydrogen-bond acceptors (Lipinski definition) is 3. The van der Waals surface area contributed by atoms with Gasteiger partial charge in [-0.2, -0.15) is 0 Å². The average Bonchev–Trinajstić information content (AvgIpc) is 3.04.